The molecule has 0 radical (unpaired) electrons. The van der Waals surface area contributed by atoms with E-state index in [1.54, 1.807) is 0 Å². The van der Waals surface area contributed by atoms with Gasteiger partial charge in [-0.3, -0.25) is 28.9 Å². The van der Waals surface area contributed by atoms with Crippen molar-refractivity contribution in [3.63, 3.8) is 0 Å². The minimum absolute atomic E-state index is 0.0759. The molecule has 4 atom stereocenters. The molecule has 1 aromatic rings. The minimum Gasteiger partial charge on any atom is -0.508 e. The summed E-state index contributed by atoms with van der Waals surface area (Å²) in [5.74, 6) is -9.57. The van der Waals surface area contributed by atoms with Gasteiger partial charge in [-0.05, 0) is 50.6 Å². The van der Waals surface area contributed by atoms with Crippen molar-refractivity contribution in [2.24, 2.45) is 17.6 Å². The fraction of sp³-hybridized carbons (Fsp3) is 0.400. The third-order valence-corrected chi connectivity index (χ3v) is 7.45. The van der Waals surface area contributed by atoms with E-state index in [4.69, 9.17) is 5.73 Å². The van der Waals surface area contributed by atoms with Crippen LogP contribution in [0.25, 0.3) is 5.76 Å². The summed E-state index contributed by atoms with van der Waals surface area (Å²) < 4.78 is 0. The number of phenolic OH excluding ortho intramolecular Hbond substituents is 1. The van der Waals surface area contributed by atoms with Crippen LogP contribution in [-0.2, 0) is 25.6 Å². The van der Waals surface area contributed by atoms with Crippen molar-refractivity contribution in [3.05, 3.63) is 45.7 Å². The van der Waals surface area contributed by atoms with Crippen molar-refractivity contribution >= 4 is 34.9 Å². The summed E-state index contributed by atoms with van der Waals surface area (Å²) >= 11 is 0. The van der Waals surface area contributed by atoms with Crippen molar-refractivity contribution in [3.8, 4) is 5.75 Å². The molecule has 0 spiro atoms. The summed E-state index contributed by atoms with van der Waals surface area (Å²) in [6, 6.07) is 1.12. The Morgan fingerprint density at radius 2 is 1.68 bits per heavy atom. The molecule has 0 aromatic heterocycles. The maximum atomic E-state index is 13.8. The van der Waals surface area contributed by atoms with Gasteiger partial charge >= 0.3 is 0 Å². The zero-order chi connectivity index (χ0) is 27.7. The smallest absolute Gasteiger partial charge is 0.294 e. The van der Waals surface area contributed by atoms with Crippen LogP contribution in [0.3, 0.4) is 0 Å². The van der Waals surface area contributed by atoms with Gasteiger partial charge < -0.3 is 31.1 Å². The highest BCUT2D eigenvalue weighted by Gasteiger charge is 2.64. The third kappa shape index (κ3) is 3.47. The predicted octanol–water partition coefficient (Wildman–Crippen LogP) is -0.765. The quantitative estimate of drug-likeness (QED) is 0.194. The molecule has 3 aliphatic carbocycles. The molecule has 0 heterocycles. The number of fused-ring (bicyclic) bond motifs is 3. The standard InChI is InChI=1S/C25H27N3O9/c1-27(2)17-12-8-9-7-11-10(18(30)24(36)28(3)4)5-6-13(29)15(11)19(31)14(9)21(33)25(12,37)22(34)16(20(17)32)23(26)35/h5-6,9,12,17,29,31,34,37H,7-8H2,1-4H3,(H2,26,35)/t9-,12-,17-,25-/m0/s1. The fourth-order valence-corrected chi connectivity index (χ4v) is 5.78. The largest absolute Gasteiger partial charge is 0.508 e. The Morgan fingerprint density at radius 1 is 1.05 bits per heavy atom. The summed E-state index contributed by atoms with van der Waals surface area (Å²) in [6.45, 7) is 0. The van der Waals surface area contributed by atoms with Crippen LogP contribution in [0.2, 0.25) is 0 Å². The van der Waals surface area contributed by atoms with Gasteiger partial charge in [-0.2, -0.15) is 0 Å². The van der Waals surface area contributed by atoms with Crippen LogP contribution < -0.4 is 5.73 Å². The van der Waals surface area contributed by atoms with E-state index in [-0.39, 0.29) is 35.1 Å². The van der Waals surface area contributed by atoms with E-state index in [1.807, 2.05) is 0 Å². The van der Waals surface area contributed by atoms with Gasteiger partial charge in [0, 0.05) is 31.1 Å². The average Bonchev–Trinajstić information content (AvgIpc) is 2.80. The average molecular weight is 514 g/mol. The molecule has 6 N–H and O–H groups in total. The molecule has 2 amide bonds. The molecular formula is C25H27N3O9. The molecule has 4 rings (SSSR count). The van der Waals surface area contributed by atoms with E-state index >= 15 is 0 Å². The number of nitrogens with two attached hydrogens (primary N) is 1. The number of carbonyl (C=O) groups excluding carboxylic acids is 5. The maximum absolute atomic E-state index is 13.8. The van der Waals surface area contributed by atoms with Crippen molar-refractivity contribution in [2.45, 2.75) is 24.5 Å². The summed E-state index contributed by atoms with van der Waals surface area (Å²) in [4.78, 5) is 66.6. The Bertz CT molecular complexity index is 1360. The molecule has 37 heavy (non-hydrogen) atoms. The molecule has 0 unspecified atom stereocenters. The lowest BCUT2D eigenvalue weighted by molar-refractivity contribution is -0.153. The van der Waals surface area contributed by atoms with Gasteiger partial charge in [0.15, 0.2) is 11.4 Å². The van der Waals surface area contributed by atoms with Crippen LogP contribution in [0.4, 0.5) is 0 Å². The molecule has 0 saturated heterocycles. The van der Waals surface area contributed by atoms with Crippen LogP contribution in [0.5, 0.6) is 5.75 Å². The van der Waals surface area contributed by atoms with E-state index in [0.29, 0.717) is 0 Å². The van der Waals surface area contributed by atoms with Crippen LogP contribution in [0.15, 0.2) is 29.0 Å². The van der Waals surface area contributed by atoms with Crippen LogP contribution in [0, 0.1) is 11.8 Å². The van der Waals surface area contributed by atoms with E-state index in [1.165, 1.54) is 39.2 Å². The topological polar surface area (TPSA) is 199 Å². The highest BCUT2D eigenvalue weighted by Crippen LogP contribution is 2.52. The predicted molar refractivity (Wildman–Crippen MR) is 127 cm³/mol. The Kier molecular flexibility index (Phi) is 6.00. The number of primary amides is 1. The van der Waals surface area contributed by atoms with Crippen molar-refractivity contribution in [1.29, 1.82) is 0 Å². The third-order valence-electron chi connectivity index (χ3n) is 7.45. The Hall–Kier alpha value is -4.03. The number of benzene rings is 1. The molecular weight excluding hydrogens is 486 g/mol. The molecule has 0 bridgehead atoms. The van der Waals surface area contributed by atoms with Crippen LogP contribution in [-0.4, -0.2) is 99.2 Å². The van der Waals surface area contributed by atoms with Crippen LogP contribution >= 0.6 is 0 Å². The van der Waals surface area contributed by atoms with Gasteiger partial charge in [0.2, 0.25) is 5.78 Å². The zero-order valence-electron chi connectivity index (χ0n) is 20.6. The first-order chi connectivity index (χ1) is 17.2. The lowest BCUT2D eigenvalue weighted by Crippen LogP contribution is -2.65. The first kappa shape index (κ1) is 26.0. The number of ketones is 3. The number of hydrogen-bond donors (Lipinski definition) is 5. The van der Waals surface area contributed by atoms with Gasteiger partial charge in [0.25, 0.3) is 17.6 Å². The number of rotatable bonds is 4. The highest BCUT2D eigenvalue weighted by molar-refractivity contribution is 6.43. The molecule has 12 nitrogen and oxygen atoms in total. The van der Waals surface area contributed by atoms with Gasteiger partial charge in [0.05, 0.1) is 11.6 Å². The molecule has 1 aromatic carbocycles. The Balaban J connectivity index is 1.96. The van der Waals surface area contributed by atoms with Gasteiger partial charge in [-0.15, -0.1) is 0 Å². The molecule has 0 aliphatic heterocycles. The van der Waals surface area contributed by atoms with Crippen molar-refractivity contribution in [2.75, 3.05) is 28.2 Å². The maximum Gasteiger partial charge on any atom is 0.294 e. The second-order valence-corrected chi connectivity index (χ2v) is 9.98. The van der Waals surface area contributed by atoms with E-state index in [2.05, 4.69) is 0 Å². The monoisotopic (exact) mass is 513 g/mol. The molecule has 1 fully saturated rings. The number of carbonyl (C=O) groups is 5. The van der Waals surface area contributed by atoms with Gasteiger partial charge in [-0.25, -0.2) is 0 Å². The number of aliphatic hydroxyl groups is 3. The lowest BCUT2D eigenvalue weighted by atomic mass is 9.57. The van der Waals surface area contributed by atoms with Gasteiger partial charge in [-0.1, -0.05) is 0 Å². The number of phenols is 1. The molecule has 196 valence electrons. The second-order valence-electron chi connectivity index (χ2n) is 9.98. The number of aliphatic hydroxyl groups excluding tert-OH is 2. The van der Waals surface area contributed by atoms with Crippen molar-refractivity contribution in [1.82, 2.24) is 9.80 Å². The van der Waals surface area contributed by atoms with Gasteiger partial charge in [0.1, 0.15) is 22.8 Å². The molecule has 12 heteroatoms. The van der Waals surface area contributed by atoms with E-state index in [9.17, 15) is 44.4 Å². The first-order valence-corrected chi connectivity index (χ1v) is 11.4. The van der Waals surface area contributed by atoms with E-state index in [0.717, 1.165) is 11.0 Å². The normalized spacial score (nSPS) is 27.0. The van der Waals surface area contributed by atoms with Crippen LogP contribution in [0.1, 0.15) is 27.9 Å². The fourth-order valence-electron chi connectivity index (χ4n) is 5.78. The first-order valence-electron chi connectivity index (χ1n) is 11.4. The number of amides is 2. The minimum atomic E-state index is -2.76. The summed E-state index contributed by atoms with van der Waals surface area (Å²) in [6.07, 6.45) is -0.221. The molecule has 1 saturated carbocycles. The lowest BCUT2D eigenvalue weighted by Gasteiger charge is -2.50. The summed E-state index contributed by atoms with van der Waals surface area (Å²) in [7, 11) is 5.78. The molecule has 3 aliphatic rings. The number of nitrogens with zero attached hydrogens (tertiary/aromatic N) is 2. The number of aromatic hydroxyl groups is 1. The Labute approximate surface area is 211 Å². The van der Waals surface area contributed by atoms with Crippen molar-refractivity contribution < 1.29 is 44.4 Å². The summed E-state index contributed by atoms with van der Waals surface area (Å²) in [5, 5.41) is 44.1. The second kappa shape index (κ2) is 8.53. The zero-order valence-corrected chi connectivity index (χ0v) is 20.6. The number of hydrogen-bond acceptors (Lipinski definition) is 10. The van der Waals surface area contributed by atoms with E-state index < -0.39 is 75.5 Å². The SMILES string of the molecule is CN(C)C(=O)C(=O)c1ccc(O)c2c1C[C@H]1C[C@H]3[C@H](N(C)C)C(=O)C(C(N)=O)=C(O)[C@@]3(O)C(=O)C1=C2O. The summed E-state index contributed by atoms with van der Waals surface area (Å²) in [5.41, 5.74) is 1.09. The number of Topliss-reactive ketones (excluding diaryl/α,β-unsaturated/α-hetero) is 3. The Morgan fingerprint density at radius 3 is 2.22 bits per heavy atom. The highest BCUT2D eigenvalue weighted by atomic mass is 16.3. The number of likely N-dealkylation sites (N-methyl/N-ethyl adjacent to an activating group) is 2.